The van der Waals surface area contributed by atoms with Crippen molar-refractivity contribution in [3.05, 3.63) is 139 Å². The summed E-state index contributed by atoms with van der Waals surface area (Å²) in [5.74, 6) is 0.656. The van der Waals surface area contributed by atoms with Crippen molar-refractivity contribution in [3.8, 4) is 22.4 Å². The predicted molar refractivity (Wildman–Crippen MR) is 205 cm³/mol. The van der Waals surface area contributed by atoms with Gasteiger partial charge in [-0.25, -0.2) is 9.97 Å². The number of para-hydroxylation sites is 1. The number of nitrogens with zero attached hydrogens (tertiary/aromatic N) is 3. The van der Waals surface area contributed by atoms with Gasteiger partial charge in [-0.1, -0.05) is 127 Å². The van der Waals surface area contributed by atoms with Gasteiger partial charge in [-0.05, 0) is 58.8 Å². The number of rotatable bonds is 2. The molecular formula is C43H28BN3S. The molecular weight excluding hydrogens is 601 g/mol. The lowest BCUT2D eigenvalue weighted by Gasteiger charge is -2.46. The second-order valence-corrected chi connectivity index (χ2v) is 14.2. The molecule has 2 aromatic heterocycles. The maximum absolute atomic E-state index is 6.63. The normalized spacial score (nSPS) is 13.8. The van der Waals surface area contributed by atoms with Crippen LogP contribution >= 0.6 is 11.3 Å². The summed E-state index contributed by atoms with van der Waals surface area (Å²) in [6.07, 6.45) is 0. The van der Waals surface area contributed by atoms with Crippen LogP contribution in [0.25, 0.3) is 75.0 Å². The molecule has 0 N–H and O–H groups in total. The van der Waals surface area contributed by atoms with Gasteiger partial charge in [-0.2, -0.15) is 0 Å². The Morgan fingerprint density at radius 2 is 1.27 bits per heavy atom. The fraction of sp³-hybridized carbons (Fsp3) is 0.0698. The lowest BCUT2D eigenvalue weighted by Crippen LogP contribution is -2.42. The molecule has 3 nitrogen and oxygen atoms in total. The highest BCUT2D eigenvalue weighted by molar-refractivity contribution is 7.26. The van der Waals surface area contributed by atoms with E-state index in [-0.39, 0.29) is 0 Å². The highest BCUT2D eigenvalue weighted by Gasteiger charge is 2.43. The van der Waals surface area contributed by atoms with Gasteiger partial charge < -0.3 is 0 Å². The predicted octanol–water partition coefficient (Wildman–Crippen LogP) is 10.8. The maximum Gasteiger partial charge on any atom is 0.231 e. The van der Waals surface area contributed by atoms with Crippen LogP contribution in [-0.4, -0.2) is 17.8 Å². The number of aromatic nitrogens is 2. The summed E-state index contributed by atoms with van der Waals surface area (Å²) in [5.41, 5.74) is 7.70. The quantitative estimate of drug-likeness (QED) is 0.178. The highest BCUT2D eigenvalue weighted by atomic mass is 32.1. The number of hydrogen-bond donors (Lipinski definition) is 0. The molecule has 2 radical (unpaired) electrons. The summed E-state index contributed by atoms with van der Waals surface area (Å²) < 4.78 is 2.55. The zero-order valence-corrected chi connectivity index (χ0v) is 27.3. The van der Waals surface area contributed by atoms with Gasteiger partial charge in [0.1, 0.15) is 7.85 Å². The topological polar surface area (TPSA) is 29.0 Å². The summed E-state index contributed by atoms with van der Waals surface area (Å²) in [6.45, 7) is 4.63. The van der Waals surface area contributed by atoms with E-state index in [4.69, 9.17) is 17.8 Å². The van der Waals surface area contributed by atoms with Crippen molar-refractivity contribution < 1.29 is 0 Å². The standard InChI is InChI=1S/C43H28BN3S/c1-43(2)32-24-23-25-13-3-4-14-26(25)36(32)37-27-15-5-6-16-28(27)41-38(31-19-9-12-22-35(31)48-41)40(37)47(43)42-45-34-21-11-8-18-30(34)39(46-42)29-17-7-10-20-33(29)44/h3-24H,1-2H3. The molecule has 10 rings (SSSR count). The van der Waals surface area contributed by atoms with Gasteiger partial charge in [0.25, 0.3) is 0 Å². The van der Waals surface area contributed by atoms with Crippen molar-refractivity contribution in [3.63, 3.8) is 0 Å². The summed E-state index contributed by atoms with van der Waals surface area (Å²) in [6, 6.07) is 47.3. The minimum atomic E-state index is -0.521. The van der Waals surface area contributed by atoms with Crippen LogP contribution in [0.15, 0.2) is 133 Å². The molecule has 0 saturated heterocycles. The molecule has 224 valence electrons. The lowest BCUT2D eigenvalue weighted by molar-refractivity contribution is 0.525. The van der Waals surface area contributed by atoms with E-state index in [1.165, 1.54) is 58.4 Å². The van der Waals surface area contributed by atoms with Gasteiger partial charge in [-0.3, -0.25) is 4.90 Å². The monoisotopic (exact) mass is 629 g/mol. The van der Waals surface area contributed by atoms with Crippen molar-refractivity contribution >= 4 is 88.9 Å². The first-order valence-corrected chi connectivity index (χ1v) is 17.1. The van der Waals surface area contributed by atoms with Crippen molar-refractivity contribution in [1.82, 2.24) is 9.97 Å². The zero-order valence-electron chi connectivity index (χ0n) is 26.5. The van der Waals surface area contributed by atoms with Gasteiger partial charge in [-0.15, -0.1) is 11.3 Å². The molecule has 0 atom stereocenters. The second-order valence-electron chi connectivity index (χ2n) is 13.2. The Bertz CT molecular complexity index is 2800. The van der Waals surface area contributed by atoms with E-state index in [1.54, 1.807) is 0 Å². The molecule has 7 aromatic carbocycles. The Labute approximate surface area is 283 Å². The van der Waals surface area contributed by atoms with E-state index in [0.717, 1.165) is 27.8 Å². The van der Waals surface area contributed by atoms with Crippen LogP contribution in [-0.2, 0) is 5.54 Å². The Balaban J connectivity index is 1.44. The summed E-state index contributed by atoms with van der Waals surface area (Å²) in [5, 5.41) is 8.46. The van der Waals surface area contributed by atoms with E-state index in [2.05, 4.69) is 122 Å². The van der Waals surface area contributed by atoms with E-state index in [0.29, 0.717) is 11.4 Å². The van der Waals surface area contributed by atoms with Crippen LogP contribution in [0.2, 0.25) is 0 Å². The van der Waals surface area contributed by atoms with Crippen LogP contribution in [0.4, 0.5) is 11.6 Å². The average Bonchev–Trinajstić information content (AvgIpc) is 3.51. The molecule has 0 spiro atoms. The van der Waals surface area contributed by atoms with Crippen molar-refractivity contribution in [1.29, 1.82) is 0 Å². The maximum atomic E-state index is 6.63. The van der Waals surface area contributed by atoms with E-state index in [1.807, 2.05) is 41.7 Å². The van der Waals surface area contributed by atoms with Crippen LogP contribution in [0.5, 0.6) is 0 Å². The number of fused-ring (bicyclic) bond motifs is 13. The second kappa shape index (κ2) is 9.99. The highest BCUT2D eigenvalue weighted by Crippen LogP contribution is 2.59. The molecule has 1 aliphatic heterocycles. The fourth-order valence-corrected chi connectivity index (χ4v) is 9.22. The number of hydrogen-bond acceptors (Lipinski definition) is 4. The van der Waals surface area contributed by atoms with E-state index in [9.17, 15) is 0 Å². The molecule has 48 heavy (non-hydrogen) atoms. The molecule has 0 unspecified atom stereocenters. The van der Waals surface area contributed by atoms with Crippen molar-refractivity contribution in [2.24, 2.45) is 0 Å². The van der Waals surface area contributed by atoms with E-state index >= 15 is 0 Å². The molecule has 9 aromatic rings. The largest absolute Gasteiger partial charge is 0.299 e. The van der Waals surface area contributed by atoms with Gasteiger partial charge in [0.15, 0.2) is 0 Å². The number of anilines is 2. The molecule has 0 saturated carbocycles. The molecule has 0 aliphatic carbocycles. The third kappa shape index (κ3) is 3.71. The van der Waals surface area contributed by atoms with Gasteiger partial charge in [0.2, 0.25) is 5.95 Å². The summed E-state index contributed by atoms with van der Waals surface area (Å²) in [4.78, 5) is 13.3. The Morgan fingerprint density at radius 1 is 0.604 bits per heavy atom. The number of thiophene rings is 1. The van der Waals surface area contributed by atoms with Crippen LogP contribution in [0.1, 0.15) is 19.4 Å². The number of benzene rings is 7. The molecule has 0 amide bonds. The third-order valence-corrected chi connectivity index (χ3v) is 11.3. The summed E-state index contributed by atoms with van der Waals surface area (Å²) >= 11 is 1.87. The van der Waals surface area contributed by atoms with Gasteiger partial charge in [0, 0.05) is 36.5 Å². The molecule has 5 heteroatoms. The lowest BCUT2D eigenvalue weighted by atomic mass is 9.76. The molecule has 0 fully saturated rings. The van der Waals surface area contributed by atoms with Crippen LogP contribution in [0, 0.1) is 0 Å². The third-order valence-electron chi connectivity index (χ3n) is 10.1. The Hall–Kier alpha value is -5.52. The van der Waals surface area contributed by atoms with Crippen molar-refractivity contribution in [2.75, 3.05) is 4.90 Å². The van der Waals surface area contributed by atoms with Crippen LogP contribution in [0.3, 0.4) is 0 Å². The van der Waals surface area contributed by atoms with E-state index < -0.39 is 5.54 Å². The Morgan fingerprint density at radius 3 is 2.10 bits per heavy atom. The minimum absolute atomic E-state index is 0.521. The molecule has 1 aliphatic rings. The van der Waals surface area contributed by atoms with Gasteiger partial charge in [0.05, 0.1) is 22.4 Å². The zero-order chi connectivity index (χ0) is 32.1. The van der Waals surface area contributed by atoms with Gasteiger partial charge >= 0.3 is 0 Å². The SMILES string of the molecule is [B]c1ccccc1-c1nc(N2c3c(c4ccccc4c4sc5ccccc5c34)-c3c(ccc4ccccc34)C2(C)C)nc2ccccc12. The minimum Gasteiger partial charge on any atom is -0.299 e. The fourth-order valence-electron chi connectivity index (χ4n) is 7.98. The molecule has 3 heterocycles. The summed E-state index contributed by atoms with van der Waals surface area (Å²) in [7, 11) is 6.63. The smallest absolute Gasteiger partial charge is 0.231 e. The first-order chi connectivity index (χ1) is 23.5. The average molecular weight is 630 g/mol. The first kappa shape index (κ1) is 27.6. The Kier molecular flexibility index (Phi) is 5.74. The van der Waals surface area contributed by atoms with Crippen molar-refractivity contribution in [2.45, 2.75) is 19.4 Å². The molecule has 0 bridgehead atoms. The van der Waals surface area contributed by atoms with Crippen LogP contribution < -0.4 is 10.4 Å². The first-order valence-electron chi connectivity index (χ1n) is 16.3.